The first-order valence-corrected chi connectivity index (χ1v) is 10.9. The molecule has 162 valence electrons. The maximum absolute atomic E-state index is 14.0. The maximum atomic E-state index is 14.0. The molecule has 5 heteroatoms. The van der Waals surface area contributed by atoms with Gasteiger partial charge in [0.15, 0.2) is 0 Å². The lowest BCUT2D eigenvalue weighted by Gasteiger charge is -2.18. The number of rotatable bonds is 14. The Balaban J connectivity index is 2.30. The van der Waals surface area contributed by atoms with Crippen LogP contribution >= 0.6 is 0 Å². The number of hydrogen-bond acceptors (Lipinski definition) is 3. The van der Waals surface area contributed by atoms with Gasteiger partial charge in [-0.05, 0) is 43.4 Å². The summed E-state index contributed by atoms with van der Waals surface area (Å²) in [5.74, 6) is -3.46. The fraction of sp³-hybridized carbons (Fsp3) is 0.826. The third kappa shape index (κ3) is 9.29. The van der Waals surface area contributed by atoms with Crippen molar-refractivity contribution in [1.29, 1.82) is 0 Å². The molecule has 1 fully saturated rings. The second kappa shape index (κ2) is 13.1. The Hall–Kier alpha value is -1.26. The molecule has 0 bridgehead atoms. The van der Waals surface area contributed by atoms with E-state index in [9.17, 15) is 18.4 Å². The molecule has 1 aliphatic carbocycles. The summed E-state index contributed by atoms with van der Waals surface area (Å²) < 4.78 is 32.6. The second-order valence-electron chi connectivity index (χ2n) is 8.36. The molecule has 1 unspecified atom stereocenters. The fourth-order valence-corrected chi connectivity index (χ4v) is 4.00. The molecule has 3 nitrogen and oxygen atoms in total. The molecule has 0 aromatic heterocycles. The van der Waals surface area contributed by atoms with Crippen molar-refractivity contribution in [2.45, 2.75) is 96.8 Å². The number of allylic oxidation sites excluding steroid dienone is 2. The van der Waals surface area contributed by atoms with Crippen LogP contribution in [0, 0.1) is 17.8 Å². The molecule has 3 atom stereocenters. The summed E-state index contributed by atoms with van der Waals surface area (Å²) in [6, 6.07) is 0. The number of ketones is 1. The van der Waals surface area contributed by atoms with Crippen molar-refractivity contribution >= 4 is 11.8 Å². The minimum Gasteiger partial charge on any atom is -0.469 e. The van der Waals surface area contributed by atoms with Gasteiger partial charge in [-0.25, -0.2) is 0 Å². The summed E-state index contributed by atoms with van der Waals surface area (Å²) in [4.78, 5) is 23.0. The molecule has 0 radical (unpaired) electrons. The average Bonchev–Trinajstić information content (AvgIpc) is 3.10. The lowest BCUT2D eigenvalue weighted by Crippen LogP contribution is -2.30. The summed E-state index contributed by atoms with van der Waals surface area (Å²) in [6.45, 7) is 3.63. The van der Waals surface area contributed by atoms with Crippen LogP contribution in [-0.2, 0) is 14.3 Å². The van der Waals surface area contributed by atoms with E-state index in [1.54, 1.807) is 13.0 Å². The molecule has 0 aromatic rings. The van der Waals surface area contributed by atoms with Gasteiger partial charge in [0.1, 0.15) is 0 Å². The van der Waals surface area contributed by atoms with Crippen molar-refractivity contribution in [3.8, 4) is 0 Å². The van der Waals surface area contributed by atoms with E-state index in [0.717, 1.165) is 38.5 Å². The van der Waals surface area contributed by atoms with E-state index in [0.29, 0.717) is 24.7 Å². The van der Waals surface area contributed by atoms with E-state index >= 15 is 0 Å². The third-order valence-corrected chi connectivity index (χ3v) is 6.05. The first-order chi connectivity index (χ1) is 13.3. The number of methoxy groups -OCH3 is 1. The van der Waals surface area contributed by atoms with Crippen LogP contribution in [0.1, 0.15) is 90.9 Å². The van der Waals surface area contributed by atoms with Gasteiger partial charge in [-0.2, -0.15) is 8.78 Å². The Morgan fingerprint density at radius 2 is 1.89 bits per heavy atom. The van der Waals surface area contributed by atoms with Crippen molar-refractivity contribution in [3.63, 3.8) is 0 Å². The predicted molar refractivity (Wildman–Crippen MR) is 108 cm³/mol. The Bertz CT molecular complexity index is 502. The molecule has 0 amide bonds. The number of carbonyl (C=O) groups is 2. The van der Waals surface area contributed by atoms with Crippen molar-refractivity contribution in [1.82, 2.24) is 0 Å². The highest BCUT2D eigenvalue weighted by molar-refractivity contribution is 5.86. The molecule has 0 N–H and O–H groups in total. The van der Waals surface area contributed by atoms with E-state index < -0.39 is 11.7 Å². The largest absolute Gasteiger partial charge is 0.469 e. The molecule has 0 heterocycles. The predicted octanol–water partition coefficient (Wildman–Crippen LogP) is 6.50. The van der Waals surface area contributed by atoms with E-state index in [4.69, 9.17) is 0 Å². The number of hydrogen-bond donors (Lipinski definition) is 0. The molecule has 1 aliphatic rings. The fourth-order valence-electron chi connectivity index (χ4n) is 4.00. The molecular weight excluding hydrogens is 362 g/mol. The number of carbonyl (C=O) groups excluding carboxylic acids is 2. The minimum absolute atomic E-state index is 0.144. The van der Waals surface area contributed by atoms with Crippen LogP contribution in [-0.4, -0.2) is 24.8 Å². The zero-order valence-electron chi connectivity index (χ0n) is 17.9. The topological polar surface area (TPSA) is 43.4 Å². The van der Waals surface area contributed by atoms with E-state index in [-0.39, 0.29) is 24.7 Å². The van der Waals surface area contributed by atoms with Crippen molar-refractivity contribution in [3.05, 3.63) is 12.2 Å². The first-order valence-electron chi connectivity index (χ1n) is 10.9. The molecule has 0 saturated heterocycles. The molecule has 0 aliphatic heterocycles. The van der Waals surface area contributed by atoms with Gasteiger partial charge >= 0.3 is 11.9 Å². The molecular formula is C23H38F2O3. The van der Waals surface area contributed by atoms with Crippen molar-refractivity contribution in [2.75, 3.05) is 7.11 Å². The van der Waals surface area contributed by atoms with Crippen LogP contribution < -0.4 is 0 Å². The highest BCUT2D eigenvalue weighted by Crippen LogP contribution is 2.36. The number of alkyl halides is 2. The van der Waals surface area contributed by atoms with Crippen LogP contribution in [0.5, 0.6) is 0 Å². The monoisotopic (exact) mass is 400 g/mol. The first kappa shape index (κ1) is 24.8. The number of Topliss-reactive ketones (excluding diaryl/α,β-unsaturated/α-hetero) is 1. The summed E-state index contributed by atoms with van der Waals surface area (Å²) in [6.07, 6.45) is 13.0. The van der Waals surface area contributed by atoms with E-state index in [1.165, 1.54) is 20.0 Å². The van der Waals surface area contributed by atoms with Gasteiger partial charge in [0.2, 0.25) is 5.78 Å². The molecule has 0 spiro atoms. The van der Waals surface area contributed by atoms with Crippen LogP contribution in [0.2, 0.25) is 0 Å². The zero-order chi connectivity index (χ0) is 21.0. The maximum Gasteiger partial charge on any atom is 0.305 e. The molecule has 0 aromatic carbocycles. The number of ether oxygens (including phenoxy) is 1. The minimum atomic E-state index is -3.21. The molecule has 28 heavy (non-hydrogen) atoms. The summed E-state index contributed by atoms with van der Waals surface area (Å²) in [5.41, 5.74) is 0. The van der Waals surface area contributed by atoms with Gasteiger partial charge in [-0.15, -0.1) is 0 Å². The lowest BCUT2D eigenvalue weighted by atomic mass is 9.89. The van der Waals surface area contributed by atoms with Crippen molar-refractivity contribution in [2.24, 2.45) is 17.8 Å². The van der Waals surface area contributed by atoms with Crippen molar-refractivity contribution < 1.29 is 23.1 Å². The van der Waals surface area contributed by atoms with Gasteiger partial charge < -0.3 is 4.74 Å². The Kier molecular flexibility index (Phi) is 11.6. The number of esters is 1. The normalized spacial score (nSPS) is 21.2. The second-order valence-corrected chi connectivity index (χ2v) is 8.36. The summed E-state index contributed by atoms with van der Waals surface area (Å²) in [5, 5.41) is 0. The quantitative estimate of drug-likeness (QED) is 0.190. The Morgan fingerprint density at radius 3 is 2.57 bits per heavy atom. The zero-order valence-corrected chi connectivity index (χ0v) is 17.9. The van der Waals surface area contributed by atoms with E-state index in [2.05, 4.69) is 4.74 Å². The Labute approximate surface area is 169 Å². The van der Waals surface area contributed by atoms with Crippen LogP contribution in [0.3, 0.4) is 0 Å². The van der Waals surface area contributed by atoms with Crippen LogP contribution in [0.15, 0.2) is 12.2 Å². The summed E-state index contributed by atoms with van der Waals surface area (Å²) >= 11 is 0. The Morgan fingerprint density at radius 1 is 1.18 bits per heavy atom. The third-order valence-electron chi connectivity index (χ3n) is 6.05. The summed E-state index contributed by atoms with van der Waals surface area (Å²) in [7, 11) is 1.41. The van der Waals surface area contributed by atoms with Crippen LogP contribution in [0.25, 0.3) is 0 Å². The highest BCUT2D eigenvalue weighted by atomic mass is 19.3. The molecule has 1 rings (SSSR count). The van der Waals surface area contributed by atoms with Crippen LogP contribution in [0.4, 0.5) is 8.78 Å². The molecule has 1 saturated carbocycles. The van der Waals surface area contributed by atoms with Gasteiger partial charge in [0.05, 0.1) is 7.11 Å². The van der Waals surface area contributed by atoms with Gasteiger partial charge in [-0.1, -0.05) is 58.1 Å². The smallest absolute Gasteiger partial charge is 0.305 e. The standard InChI is InChI=1S/C23H38F2O3/c1-4-18(2)17-23(24,25)21(26)15-10-14-20-13-9-12-19(20)11-7-5-6-8-16-22(27)28-3/h10,14,18-20H,4-9,11-13,15-17H2,1-3H3/b14-10+/t18-,19?,20+/m0/s1. The average molecular weight is 401 g/mol. The SMILES string of the molecule is CC[C@H](C)CC(F)(F)C(=O)C/C=C/[C@H]1CCCC1CCCCCCC(=O)OC. The lowest BCUT2D eigenvalue weighted by molar-refractivity contribution is -0.144. The number of halogens is 2. The number of unbranched alkanes of at least 4 members (excludes halogenated alkanes) is 3. The van der Waals surface area contributed by atoms with E-state index in [1.807, 2.05) is 13.0 Å². The van der Waals surface area contributed by atoms with Gasteiger partial charge in [0, 0.05) is 19.3 Å². The van der Waals surface area contributed by atoms with Gasteiger partial charge in [-0.3, -0.25) is 9.59 Å². The highest BCUT2D eigenvalue weighted by Gasteiger charge is 2.38. The van der Waals surface area contributed by atoms with Gasteiger partial charge in [0.25, 0.3) is 0 Å².